The highest BCUT2D eigenvalue weighted by atomic mass is 32.2. The topological polar surface area (TPSA) is 76.9 Å². The van der Waals surface area contributed by atoms with Crippen molar-refractivity contribution in [2.45, 2.75) is 31.7 Å². The van der Waals surface area contributed by atoms with Crippen LogP contribution in [0.2, 0.25) is 0 Å². The first-order valence-corrected chi connectivity index (χ1v) is 9.40. The number of hydrogen-bond donors (Lipinski definition) is 1. The van der Waals surface area contributed by atoms with E-state index in [0.29, 0.717) is 0 Å². The van der Waals surface area contributed by atoms with Crippen molar-refractivity contribution >= 4 is 10.0 Å². The summed E-state index contributed by atoms with van der Waals surface area (Å²) in [6, 6.07) is 12.3. The SMILES string of the molecule is Cc1ccc(S(=O)(=O)N[C@H](C)c2ccc(-n3cncn3)cc2)cc1C. The molecule has 25 heavy (non-hydrogen) atoms. The van der Waals surface area contributed by atoms with Crippen LogP contribution in [0, 0.1) is 13.8 Å². The predicted octanol–water partition coefficient (Wildman–Crippen LogP) is 2.92. The number of hydrogen-bond acceptors (Lipinski definition) is 4. The summed E-state index contributed by atoms with van der Waals surface area (Å²) >= 11 is 0. The van der Waals surface area contributed by atoms with Crippen LogP contribution in [0.15, 0.2) is 60.0 Å². The molecule has 0 unspecified atom stereocenters. The van der Waals surface area contributed by atoms with E-state index in [1.54, 1.807) is 23.1 Å². The van der Waals surface area contributed by atoms with Crippen LogP contribution in [0.3, 0.4) is 0 Å². The Labute approximate surface area is 147 Å². The first-order valence-electron chi connectivity index (χ1n) is 7.91. The van der Waals surface area contributed by atoms with Gasteiger partial charge in [-0.05, 0) is 61.7 Å². The summed E-state index contributed by atoms with van der Waals surface area (Å²) < 4.78 is 29.6. The molecule has 0 aliphatic carbocycles. The molecular formula is C18H20N4O2S. The van der Waals surface area contributed by atoms with E-state index in [2.05, 4.69) is 14.8 Å². The molecule has 0 radical (unpaired) electrons. The minimum Gasteiger partial charge on any atom is -0.223 e. The van der Waals surface area contributed by atoms with Gasteiger partial charge >= 0.3 is 0 Å². The number of nitrogens with one attached hydrogen (secondary N) is 1. The number of nitrogens with zero attached hydrogens (tertiary/aromatic N) is 3. The fraction of sp³-hybridized carbons (Fsp3) is 0.222. The Kier molecular flexibility index (Phi) is 4.69. The summed E-state index contributed by atoms with van der Waals surface area (Å²) in [7, 11) is -3.58. The van der Waals surface area contributed by atoms with Gasteiger partial charge in [0, 0.05) is 6.04 Å². The minimum absolute atomic E-state index is 0.279. The van der Waals surface area contributed by atoms with Crippen LogP contribution in [-0.2, 0) is 10.0 Å². The molecule has 2 aromatic carbocycles. The van der Waals surface area contributed by atoms with Crippen molar-refractivity contribution in [2.24, 2.45) is 0 Å². The molecule has 0 aliphatic rings. The summed E-state index contributed by atoms with van der Waals surface area (Å²) in [5.41, 5.74) is 3.75. The highest BCUT2D eigenvalue weighted by Crippen LogP contribution is 2.20. The van der Waals surface area contributed by atoms with Crippen molar-refractivity contribution in [2.75, 3.05) is 0 Å². The molecule has 1 atom stereocenters. The molecule has 130 valence electrons. The van der Waals surface area contributed by atoms with Gasteiger partial charge < -0.3 is 0 Å². The average molecular weight is 356 g/mol. The monoisotopic (exact) mass is 356 g/mol. The van der Waals surface area contributed by atoms with E-state index < -0.39 is 10.0 Å². The van der Waals surface area contributed by atoms with Crippen molar-refractivity contribution in [1.29, 1.82) is 0 Å². The quantitative estimate of drug-likeness (QED) is 0.762. The number of aromatic nitrogens is 3. The van der Waals surface area contributed by atoms with Crippen LogP contribution < -0.4 is 4.72 Å². The zero-order valence-electron chi connectivity index (χ0n) is 14.3. The van der Waals surface area contributed by atoms with Gasteiger partial charge in [-0.1, -0.05) is 18.2 Å². The molecule has 0 bridgehead atoms. The maximum Gasteiger partial charge on any atom is 0.241 e. The Bertz CT molecular complexity index is 965. The van der Waals surface area contributed by atoms with E-state index in [-0.39, 0.29) is 10.9 Å². The third kappa shape index (κ3) is 3.78. The molecule has 1 aromatic heterocycles. The molecule has 3 aromatic rings. The van der Waals surface area contributed by atoms with Gasteiger partial charge in [-0.25, -0.2) is 22.8 Å². The molecule has 1 heterocycles. The Morgan fingerprint density at radius 2 is 1.76 bits per heavy atom. The van der Waals surface area contributed by atoms with Gasteiger partial charge in [0.05, 0.1) is 10.6 Å². The minimum atomic E-state index is -3.58. The van der Waals surface area contributed by atoms with E-state index in [0.717, 1.165) is 22.4 Å². The molecule has 0 saturated heterocycles. The lowest BCUT2D eigenvalue weighted by Crippen LogP contribution is -2.27. The van der Waals surface area contributed by atoms with Crippen LogP contribution in [0.4, 0.5) is 0 Å². The molecule has 0 amide bonds. The Morgan fingerprint density at radius 1 is 1.04 bits per heavy atom. The second-order valence-electron chi connectivity index (χ2n) is 6.02. The van der Waals surface area contributed by atoms with Crippen molar-refractivity contribution < 1.29 is 8.42 Å². The fourth-order valence-electron chi connectivity index (χ4n) is 2.51. The zero-order chi connectivity index (χ0) is 18.0. The van der Waals surface area contributed by atoms with Gasteiger partial charge in [-0.2, -0.15) is 5.10 Å². The Morgan fingerprint density at radius 3 is 2.36 bits per heavy atom. The highest BCUT2D eigenvalue weighted by molar-refractivity contribution is 7.89. The van der Waals surface area contributed by atoms with E-state index >= 15 is 0 Å². The smallest absolute Gasteiger partial charge is 0.223 e. The van der Waals surface area contributed by atoms with Crippen LogP contribution in [0.5, 0.6) is 0 Å². The molecule has 6 nitrogen and oxygen atoms in total. The summed E-state index contributed by atoms with van der Waals surface area (Å²) in [5.74, 6) is 0. The molecule has 7 heteroatoms. The van der Waals surface area contributed by atoms with E-state index in [9.17, 15) is 8.42 Å². The Balaban J connectivity index is 1.78. The van der Waals surface area contributed by atoms with Crippen LogP contribution in [-0.4, -0.2) is 23.2 Å². The lowest BCUT2D eigenvalue weighted by molar-refractivity contribution is 0.567. The van der Waals surface area contributed by atoms with Crippen LogP contribution >= 0.6 is 0 Å². The largest absolute Gasteiger partial charge is 0.241 e. The predicted molar refractivity (Wildman–Crippen MR) is 96.0 cm³/mol. The third-order valence-corrected chi connectivity index (χ3v) is 5.74. The third-order valence-electron chi connectivity index (χ3n) is 4.20. The number of benzene rings is 2. The molecule has 1 N–H and O–H groups in total. The molecular weight excluding hydrogens is 336 g/mol. The molecule has 0 aliphatic heterocycles. The van der Waals surface area contributed by atoms with Gasteiger partial charge in [0.25, 0.3) is 0 Å². The van der Waals surface area contributed by atoms with Gasteiger partial charge in [-0.15, -0.1) is 0 Å². The normalized spacial score (nSPS) is 12.9. The fourth-order valence-corrected chi connectivity index (χ4v) is 3.82. The van der Waals surface area contributed by atoms with Gasteiger partial charge in [-0.3, -0.25) is 0 Å². The summed E-state index contributed by atoms with van der Waals surface area (Å²) in [6.07, 6.45) is 3.08. The summed E-state index contributed by atoms with van der Waals surface area (Å²) in [5, 5.41) is 4.07. The number of rotatable bonds is 5. The number of sulfonamides is 1. The van der Waals surface area contributed by atoms with E-state index in [1.807, 2.05) is 51.1 Å². The van der Waals surface area contributed by atoms with E-state index in [1.165, 1.54) is 6.33 Å². The lowest BCUT2D eigenvalue weighted by Gasteiger charge is -2.16. The highest BCUT2D eigenvalue weighted by Gasteiger charge is 2.19. The second-order valence-corrected chi connectivity index (χ2v) is 7.73. The maximum absolute atomic E-state index is 12.6. The Hall–Kier alpha value is -2.51. The molecule has 0 saturated carbocycles. The van der Waals surface area contributed by atoms with Gasteiger partial charge in [0.15, 0.2) is 0 Å². The van der Waals surface area contributed by atoms with Crippen molar-refractivity contribution in [1.82, 2.24) is 19.5 Å². The molecule has 3 rings (SSSR count). The van der Waals surface area contributed by atoms with Crippen molar-refractivity contribution in [3.05, 3.63) is 71.8 Å². The van der Waals surface area contributed by atoms with Gasteiger partial charge in [0.2, 0.25) is 10.0 Å². The molecule has 0 fully saturated rings. The zero-order valence-corrected chi connectivity index (χ0v) is 15.2. The number of aryl methyl sites for hydroxylation is 2. The first kappa shape index (κ1) is 17.3. The van der Waals surface area contributed by atoms with Gasteiger partial charge in [0.1, 0.15) is 12.7 Å². The summed E-state index contributed by atoms with van der Waals surface area (Å²) in [4.78, 5) is 4.19. The van der Waals surface area contributed by atoms with E-state index in [4.69, 9.17) is 0 Å². The molecule has 0 spiro atoms. The van der Waals surface area contributed by atoms with Crippen LogP contribution in [0.1, 0.15) is 29.7 Å². The first-order chi connectivity index (χ1) is 11.9. The standard InChI is InChI=1S/C18H20N4O2S/c1-13-4-9-18(10-14(13)2)25(23,24)21-15(3)16-5-7-17(8-6-16)22-12-19-11-20-22/h4-12,15,21H,1-3H3/t15-/m1/s1. The second kappa shape index (κ2) is 6.78. The van der Waals surface area contributed by atoms with Crippen LogP contribution in [0.25, 0.3) is 5.69 Å². The average Bonchev–Trinajstić information content (AvgIpc) is 3.11. The maximum atomic E-state index is 12.6. The van der Waals surface area contributed by atoms with Crippen molar-refractivity contribution in [3.63, 3.8) is 0 Å². The summed E-state index contributed by atoms with van der Waals surface area (Å²) in [6.45, 7) is 5.68. The lowest BCUT2D eigenvalue weighted by atomic mass is 10.1. The van der Waals surface area contributed by atoms with Crippen molar-refractivity contribution in [3.8, 4) is 5.69 Å².